The first-order valence-corrected chi connectivity index (χ1v) is 7.34. The van der Waals surface area contributed by atoms with Crippen LogP contribution in [0.5, 0.6) is 0 Å². The number of amides is 2. The van der Waals surface area contributed by atoms with Gasteiger partial charge in [-0.3, -0.25) is 14.4 Å². The molecule has 0 aromatic heterocycles. The maximum absolute atomic E-state index is 12.3. The van der Waals surface area contributed by atoms with Crippen LogP contribution in [0.3, 0.4) is 0 Å². The van der Waals surface area contributed by atoms with Crippen LogP contribution in [0.1, 0.15) is 30.7 Å². The van der Waals surface area contributed by atoms with E-state index in [1.54, 1.807) is 0 Å². The first-order valence-electron chi connectivity index (χ1n) is 7.34. The lowest BCUT2D eigenvalue weighted by molar-refractivity contribution is -0.141. The van der Waals surface area contributed by atoms with Crippen LogP contribution >= 0.6 is 0 Å². The number of ketones is 1. The molecular formula is C16H18N2O3. The molecule has 1 aromatic carbocycles. The minimum absolute atomic E-state index is 0.127. The third kappa shape index (κ3) is 2.68. The number of carbonyl (C=O) groups is 3. The summed E-state index contributed by atoms with van der Waals surface area (Å²) in [5, 5.41) is 5.45. The molecule has 2 aliphatic rings. The molecule has 1 aliphatic carbocycles. The Hall–Kier alpha value is -2.17. The summed E-state index contributed by atoms with van der Waals surface area (Å²) in [6.07, 6.45) is 2.96. The molecule has 0 bridgehead atoms. The summed E-state index contributed by atoms with van der Waals surface area (Å²) in [4.78, 5) is 36.4. The van der Waals surface area contributed by atoms with Gasteiger partial charge in [-0.25, -0.2) is 0 Å². The van der Waals surface area contributed by atoms with Crippen molar-refractivity contribution in [3.05, 3.63) is 35.9 Å². The van der Waals surface area contributed by atoms with Gasteiger partial charge in [0, 0.05) is 12.6 Å². The van der Waals surface area contributed by atoms with Crippen LogP contribution in [0, 0.1) is 5.92 Å². The molecule has 0 spiro atoms. The number of carbonyl (C=O) groups excluding carboxylic acids is 3. The van der Waals surface area contributed by atoms with E-state index in [9.17, 15) is 14.4 Å². The molecule has 2 amide bonds. The van der Waals surface area contributed by atoms with Crippen molar-refractivity contribution >= 4 is 17.6 Å². The Kier molecular flexibility index (Phi) is 3.73. The van der Waals surface area contributed by atoms with E-state index in [4.69, 9.17) is 0 Å². The maximum Gasteiger partial charge on any atom is 0.287 e. The normalized spacial score (nSPS) is 25.0. The molecule has 0 unspecified atom stereocenters. The highest BCUT2D eigenvalue weighted by Crippen LogP contribution is 2.30. The van der Waals surface area contributed by atoms with Crippen molar-refractivity contribution in [1.29, 1.82) is 0 Å². The smallest absolute Gasteiger partial charge is 0.287 e. The second-order valence-corrected chi connectivity index (χ2v) is 5.71. The molecular weight excluding hydrogens is 268 g/mol. The minimum atomic E-state index is -0.611. The summed E-state index contributed by atoms with van der Waals surface area (Å²) in [6, 6.07) is 9.28. The zero-order chi connectivity index (χ0) is 14.8. The Bertz CT molecular complexity index is 566. The standard InChI is InChI=1S/C16H18N2O3/c19-14(16(21)18-11-7-4-8-11)12-9-17-15(20)13(12)10-5-2-1-3-6-10/h1-3,5-6,11-13H,4,7-9H2,(H,17,20)(H,18,21)/t12-,13+/m0/s1. The second kappa shape index (κ2) is 5.68. The van der Waals surface area contributed by atoms with Gasteiger partial charge >= 0.3 is 0 Å². The Balaban J connectivity index is 1.75. The molecule has 1 aliphatic heterocycles. The molecule has 3 rings (SSSR count). The molecule has 0 radical (unpaired) electrons. The van der Waals surface area contributed by atoms with Gasteiger partial charge in [-0.05, 0) is 24.8 Å². The quantitative estimate of drug-likeness (QED) is 0.802. The number of Topliss-reactive ketones (excluding diaryl/α,β-unsaturated/α-hetero) is 1. The third-order valence-corrected chi connectivity index (χ3v) is 4.34. The summed E-state index contributed by atoms with van der Waals surface area (Å²) in [5.74, 6) is -2.40. The van der Waals surface area contributed by atoms with Crippen LogP contribution in [0.25, 0.3) is 0 Å². The molecule has 5 heteroatoms. The van der Waals surface area contributed by atoms with E-state index in [0.29, 0.717) is 0 Å². The maximum atomic E-state index is 12.3. The Labute approximate surface area is 123 Å². The zero-order valence-corrected chi connectivity index (χ0v) is 11.7. The van der Waals surface area contributed by atoms with Crippen LogP contribution < -0.4 is 10.6 Å². The van der Waals surface area contributed by atoms with Crippen LogP contribution in [-0.4, -0.2) is 30.2 Å². The van der Waals surface area contributed by atoms with Crippen LogP contribution in [0.2, 0.25) is 0 Å². The SMILES string of the molecule is O=C(NC1CCC1)C(=O)[C@H]1CNC(=O)[C@@H]1c1ccccc1. The lowest BCUT2D eigenvalue weighted by atomic mass is 9.85. The molecule has 1 saturated carbocycles. The molecule has 1 saturated heterocycles. The van der Waals surface area contributed by atoms with Gasteiger partial charge in [0.1, 0.15) is 0 Å². The van der Waals surface area contributed by atoms with Crippen molar-refractivity contribution in [2.75, 3.05) is 6.54 Å². The Morgan fingerprint density at radius 3 is 2.48 bits per heavy atom. The highest BCUT2D eigenvalue weighted by Gasteiger charge is 2.42. The molecule has 2 fully saturated rings. The summed E-state index contributed by atoms with van der Waals surface area (Å²) in [5.41, 5.74) is 0.780. The number of rotatable bonds is 4. The van der Waals surface area contributed by atoms with Crippen molar-refractivity contribution in [3.8, 4) is 0 Å². The van der Waals surface area contributed by atoms with E-state index in [0.717, 1.165) is 24.8 Å². The topological polar surface area (TPSA) is 75.3 Å². The van der Waals surface area contributed by atoms with Crippen molar-refractivity contribution in [2.24, 2.45) is 5.92 Å². The van der Waals surface area contributed by atoms with E-state index < -0.39 is 23.5 Å². The van der Waals surface area contributed by atoms with Crippen molar-refractivity contribution < 1.29 is 14.4 Å². The van der Waals surface area contributed by atoms with Crippen molar-refractivity contribution in [3.63, 3.8) is 0 Å². The third-order valence-electron chi connectivity index (χ3n) is 4.34. The van der Waals surface area contributed by atoms with E-state index in [1.807, 2.05) is 30.3 Å². The van der Waals surface area contributed by atoms with Gasteiger partial charge in [-0.2, -0.15) is 0 Å². The van der Waals surface area contributed by atoms with E-state index in [-0.39, 0.29) is 18.5 Å². The molecule has 5 nitrogen and oxygen atoms in total. The first-order chi connectivity index (χ1) is 10.2. The zero-order valence-electron chi connectivity index (χ0n) is 11.7. The van der Waals surface area contributed by atoms with Gasteiger partial charge in [0.2, 0.25) is 11.7 Å². The molecule has 21 heavy (non-hydrogen) atoms. The fourth-order valence-electron chi connectivity index (χ4n) is 2.89. The van der Waals surface area contributed by atoms with Gasteiger partial charge in [-0.15, -0.1) is 0 Å². The monoisotopic (exact) mass is 286 g/mol. The van der Waals surface area contributed by atoms with Gasteiger partial charge < -0.3 is 10.6 Å². The summed E-state index contributed by atoms with van der Waals surface area (Å²) in [6.45, 7) is 0.231. The predicted octanol–water partition coefficient (Wildman–Crippen LogP) is 0.754. The van der Waals surface area contributed by atoms with Crippen LogP contribution in [0.15, 0.2) is 30.3 Å². The van der Waals surface area contributed by atoms with Crippen LogP contribution in [0.4, 0.5) is 0 Å². The number of nitrogens with one attached hydrogen (secondary N) is 2. The van der Waals surface area contributed by atoms with E-state index in [2.05, 4.69) is 10.6 Å². The van der Waals surface area contributed by atoms with Gasteiger partial charge in [-0.1, -0.05) is 30.3 Å². The highest BCUT2D eigenvalue weighted by atomic mass is 16.2. The van der Waals surface area contributed by atoms with Crippen molar-refractivity contribution in [1.82, 2.24) is 10.6 Å². The fraction of sp³-hybridized carbons (Fsp3) is 0.438. The summed E-state index contributed by atoms with van der Waals surface area (Å²) >= 11 is 0. The highest BCUT2D eigenvalue weighted by molar-refractivity contribution is 6.38. The first kappa shape index (κ1) is 13.8. The predicted molar refractivity (Wildman–Crippen MR) is 76.5 cm³/mol. The largest absolute Gasteiger partial charge is 0.355 e. The van der Waals surface area contributed by atoms with Gasteiger partial charge in [0.25, 0.3) is 5.91 Å². The fourth-order valence-corrected chi connectivity index (χ4v) is 2.89. The summed E-state index contributed by atoms with van der Waals surface area (Å²) in [7, 11) is 0. The average Bonchev–Trinajstić information content (AvgIpc) is 2.84. The van der Waals surface area contributed by atoms with Gasteiger partial charge in [0.15, 0.2) is 0 Å². The Morgan fingerprint density at radius 1 is 1.14 bits per heavy atom. The average molecular weight is 286 g/mol. The lowest BCUT2D eigenvalue weighted by Gasteiger charge is -2.26. The number of hydrogen-bond donors (Lipinski definition) is 2. The van der Waals surface area contributed by atoms with E-state index in [1.165, 1.54) is 0 Å². The molecule has 1 aromatic rings. The van der Waals surface area contributed by atoms with Crippen molar-refractivity contribution in [2.45, 2.75) is 31.2 Å². The molecule has 2 N–H and O–H groups in total. The minimum Gasteiger partial charge on any atom is -0.355 e. The number of hydrogen-bond acceptors (Lipinski definition) is 3. The van der Waals surface area contributed by atoms with Crippen LogP contribution in [-0.2, 0) is 14.4 Å². The molecule has 1 heterocycles. The van der Waals surface area contributed by atoms with E-state index >= 15 is 0 Å². The van der Waals surface area contributed by atoms with Gasteiger partial charge in [0.05, 0.1) is 11.8 Å². The lowest BCUT2D eigenvalue weighted by Crippen LogP contribution is -2.45. The Morgan fingerprint density at radius 2 is 1.86 bits per heavy atom. The number of benzene rings is 1. The second-order valence-electron chi connectivity index (χ2n) is 5.71. The molecule has 110 valence electrons. The molecule has 2 atom stereocenters. The summed E-state index contributed by atoms with van der Waals surface area (Å²) < 4.78 is 0.